The van der Waals surface area contributed by atoms with Gasteiger partial charge >= 0.3 is 0 Å². The normalized spacial score (nSPS) is 22.9. The van der Waals surface area contributed by atoms with Crippen molar-refractivity contribution in [3.63, 3.8) is 0 Å². The van der Waals surface area contributed by atoms with Gasteiger partial charge in [0.2, 0.25) is 11.5 Å². The van der Waals surface area contributed by atoms with Crippen molar-refractivity contribution in [2.24, 2.45) is 5.28 Å². The maximum Gasteiger partial charge on any atom is 0.269 e. The molecule has 90 valence electrons. The van der Waals surface area contributed by atoms with Gasteiger partial charge in [-0.25, -0.2) is 0 Å². The SMILES string of the molecule is COc1ccc([N+]2=NOC([O-])C2C(C)=O)cc1. The smallest absolute Gasteiger partial charge is 0.269 e. The molecule has 0 N–H and O–H groups in total. The van der Waals surface area contributed by atoms with Gasteiger partial charge in [0.25, 0.3) is 6.04 Å². The summed E-state index contributed by atoms with van der Waals surface area (Å²) in [5, 5.41) is 15.0. The third-order valence-corrected chi connectivity index (χ3v) is 2.51. The Morgan fingerprint density at radius 1 is 1.47 bits per heavy atom. The fourth-order valence-corrected chi connectivity index (χ4v) is 1.63. The Kier molecular flexibility index (Phi) is 3.06. The summed E-state index contributed by atoms with van der Waals surface area (Å²) in [6.07, 6.45) is -1.48. The number of carbonyl (C=O) groups is 1. The van der Waals surface area contributed by atoms with E-state index in [4.69, 9.17) is 4.74 Å². The van der Waals surface area contributed by atoms with E-state index in [0.29, 0.717) is 11.4 Å². The van der Waals surface area contributed by atoms with Crippen LogP contribution < -0.4 is 9.84 Å². The van der Waals surface area contributed by atoms with E-state index in [1.165, 1.54) is 11.6 Å². The number of hydrogen-bond acceptors (Lipinski definition) is 5. The average molecular weight is 236 g/mol. The van der Waals surface area contributed by atoms with Gasteiger partial charge in [-0.3, -0.25) is 4.79 Å². The topological polar surface area (TPSA) is 74.0 Å². The predicted molar refractivity (Wildman–Crippen MR) is 54.7 cm³/mol. The van der Waals surface area contributed by atoms with Crippen LogP contribution in [0.2, 0.25) is 0 Å². The molecule has 17 heavy (non-hydrogen) atoms. The molecule has 0 spiro atoms. The lowest BCUT2D eigenvalue weighted by Gasteiger charge is -2.13. The van der Waals surface area contributed by atoms with Gasteiger partial charge in [0.05, 0.1) is 7.11 Å². The second-order valence-electron chi connectivity index (χ2n) is 3.65. The summed E-state index contributed by atoms with van der Waals surface area (Å²) in [7, 11) is 1.56. The van der Waals surface area contributed by atoms with Crippen LogP contribution in [-0.4, -0.2) is 29.9 Å². The second-order valence-corrected chi connectivity index (χ2v) is 3.65. The Balaban J connectivity index is 2.29. The summed E-state index contributed by atoms with van der Waals surface area (Å²) in [5.41, 5.74) is 0.615. The summed E-state index contributed by atoms with van der Waals surface area (Å²) < 4.78 is 6.31. The molecule has 1 aliphatic heterocycles. The summed E-state index contributed by atoms with van der Waals surface area (Å²) in [5.74, 6) is 0.411. The predicted octanol–water partition coefficient (Wildman–Crippen LogP) is 0.381. The highest BCUT2D eigenvalue weighted by Crippen LogP contribution is 2.24. The number of ether oxygens (including phenoxy) is 1. The monoisotopic (exact) mass is 236 g/mol. The van der Waals surface area contributed by atoms with Gasteiger partial charge in [-0.05, 0) is 16.8 Å². The van der Waals surface area contributed by atoms with E-state index < -0.39 is 12.3 Å². The van der Waals surface area contributed by atoms with Crippen LogP contribution >= 0.6 is 0 Å². The Hall–Kier alpha value is -1.95. The minimum absolute atomic E-state index is 0.276. The minimum atomic E-state index is -1.48. The van der Waals surface area contributed by atoms with Gasteiger partial charge in [-0.15, -0.1) is 0 Å². The fraction of sp³-hybridized carbons (Fsp3) is 0.364. The van der Waals surface area contributed by atoms with Gasteiger partial charge < -0.3 is 14.7 Å². The van der Waals surface area contributed by atoms with E-state index in [0.717, 1.165) is 0 Å². The quantitative estimate of drug-likeness (QED) is 0.711. The molecule has 0 saturated heterocycles. The molecule has 6 heteroatoms. The molecule has 1 heterocycles. The maximum absolute atomic E-state index is 11.4. The Bertz CT molecular complexity index is 455. The summed E-state index contributed by atoms with van der Waals surface area (Å²) >= 11 is 0. The van der Waals surface area contributed by atoms with Crippen molar-refractivity contribution in [1.82, 2.24) is 0 Å². The molecule has 2 atom stereocenters. The van der Waals surface area contributed by atoms with Crippen molar-refractivity contribution >= 4 is 11.5 Å². The highest BCUT2D eigenvalue weighted by Gasteiger charge is 2.39. The number of rotatable bonds is 3. The molecule has 2 unspecified atom stereocenters. The molecule has 0 amide bonds. The molecule has 0 aliphatic carbocycles. The molecule has 0 fully saturated rings. The van der Waals surface area contributed by atoms with Crippen LogP contribution in [0.25, 0.3) is 0 Å². The van der Waals surface area contributed by atoms with Crippen molar-refractivity contribution in [1.29, 1.82) is 0 Å². The van der Waals surface area contributed by atoms with Gasteiger partial charge in [0.15, 0.2) is 5.28 Å². The van der Waals surface area contributed by atoms with Crippen molar-refractivity contribution in [3.8, 4) is 5.75 Å². The molecule has 6 nitrogen and oxygen atoms in total. The average Bonchev–Trinajstić information content (AvgIpc) is 2.71. The fourth-order valence-electron chi connectivity index (χ4n) is 1.63. The third-order valence-electron chi connectivity index (χ3n) is 2.51. The Morgan fingerprint density at radius 3 is 2.65 bits per heavy atom. The van der Waals surface area contributed by atoms with E-state index in [-0.39, 0.29) is 5.78 Å². The first-order valence-electron chi connectivity index (χ1n) is 5.10. The lowest BCUT2D eigenvalue weighted by molar-refractivity contribution is -0.561. The van der Waals surface area contributed by atoms with Crippen LogP contribution in [0, 0.1) is 0 Å². The first kappa shape index (κ1) is 11.5. The van der Waals surface area contributed by atoms with Gasteiger partial charge in [0, 0.05) is 19.1 Å². The molecule has 2 rings (SSSR count). The lowest BCUT2D eigenvalue weighted by Crippen LogP contribution is -2.44. The van der Waals surface area contributed by atoms with Gasteiger partial charge in [0.1, 0.15) is 12.0 Å². The lowest BCUT2D eigenvalue weighted by atomic mass is 10.2. The summed E-state index contributed by atoms with van der Waals surface area (Å²) in [6, 6.07) is 5.95. The number of ketones is 1. The Morgan fingerprint density at radius 2 is 2.12 bits per heavy atom. The molecule has 1 aromatic rings. The maximum atomic E-state index is 11.4. The number of nitrogens with zero attached hydrogens (tertiary/aromatic N) is 2. The van der Waals surface area contributed by atoms with Crippen LogP contribution in [0.3, 0.4) is 0 Å². The van der Waals surface area contributed by atoms with Crippen LogP contribution in [0.15, 0.2) is 29.5 Å². The number of Topliss-reactive ketones (excluding diaryl/α,β-unsaturated/α-hetero) is 1. The van der Waals surface area contributed by atoms with E-state index in [1.807, 2.05) is 0 Å². The van der Waals surface area contributed by atoms with Crippen LogP contribution in [0.5, 0.6) is 5.75 Å². The molecular weight excluding hydrogens is 224 g/mol. The third kappa shape index (κ3) is 2.12. The van der Waals surface area contributed by atoms with Crippen LogP contribution in [0.4, 0.5) is 5.69 Å². The highest BCUT2D eigenvalue weighted by molar-refractivity contribution is 5.80. The first-order valence-corrected chi connectivity index (χ1v) is 5.10. The molecular formula is C11H12N2O4. The molecule has 0 bridgehead atoms. The van der Waals surface area contributed by atoms with Crippen molar-refractivity contribution in [2.75, 3.05) is 7.11 Å². The minimum Gasteiger partial charge on any atom is -0.814 e. The largest absolute Gasteiger partial charge is 0.814 e. The molecule has 0 aromatic heterocycles. The van der Waals surface area contributed by atoms with Crippen LogP contribution in [-0.2, 0) is 9.63 Å². The van der Waals surface area contributed by atoms with E-state index >= 15 is 0 Å². The number of benzene rings is 1. The summed E-state index contributed by atoms with van der Waals surface area (Å²) in [4.78, 5) is 16.0. The molecule has 0 saturated carbocycles. The zero-order chi connectivity index (χ0) is 12.4. The highest BCUT2D eigenvalue weighted by atomic mass is 16.7. The van der Waals surface area contributed by atoms with Gasteiger partial charge in [-0.1, -0.05) is 0 Å². The van der Waals surface area contributed by atoms with E-state index in [1.54, 1.807) is 31.4 Å². The molecule has 1 aromatic carbocycles. The van der Waals surface area contributed by atoms with Crippen LogP contribution in [0.1, 0.15) is 6.92 Å². The standard InChI is InChI=1S/C11H12N2O4/c1-7(14)10-11(15)17-12-13(10)8-3-5-9(16-2)6-4-8/h3-6,10-11H,1-2H3. The first-order chi connectivity index (χ1) is 8.13. The summed E-state index contributed by atoms with van der Waals surface area (Å²) in [6.45, 7) is 1.34. The molecule has 0 radical (unpaired) electrons. The zero-order valence-electron chi connectivity index (χ0n) is 9.49. The van der Waals surface area contributed by atoms with Crippen molar-refractivity contribution in [2.45, 2.75) is 19.3 Å². The number of carbonyl (C=O) groups excluding carboxylic acids is 1. The van der Waals surface area contributed by atoms with Crippen molar-refractivity contribution < 1.29 is 24.2 Å². The second kappa shape index (κ2) is 4.50. The van der Waals surface area contributed by atoms with Gasteiger partial charge in [-0.2, -0.15) is 0 Å². The Labute approximate surface area is 98.0 Å². The zero-order valence-corrected chi connectivity index (χ0v) is 9.49. The van der Waals surface area contributed by atoms with E-state index in [2.05, 4.69) is 10.1 Å². The molecule has 1 aliphatic rings. The van der Waals surface area contributed by atoms with E-state index in [9.17, 15) is 9.90 Å². The number of hydrogen-bond donors (Lipinski definition) is 0. The number of methoxy groups -OCH3 is 1. The van der Waals surface area contributed by atoms with Crippen molar-refractivity contribution in [3.05, 3.63) is 24.3 Å².